The number of aliphatic hydroxyl groups is 1. The van der Waals surface area contributed by atoms with Crippen LogP contribution in [0.25, 0.3) is 0 Å². The zero-order chi connectivity index (χ0) is 13.5. The summed E-state index contributed by atoms with van der Waals surface area (Å²) < 4.78 is 5.35. The van der Waals surface area contributed by atoms with Crippen LogP contribution in [0.1, 0.15) is 25.5 Å². The van der Waals surface area contributed by atoms with Crippen molar-refractivity contribution >= 4 is 0 Å². The lowest BCUT2D eigenvalue weighted by molar-refractivity contribution is 0.0781. The molecule has 0 saturated heterocycles. The molecule has 1 unspecified atom stereocenters. The molecule has 4 N–H and O–H groups in total. The van der Waals surface area contributed by atoms with Crippen LogP contribution in [-0.4, -0.2) is 41.1 Å². The molecule has 0 spiro atoms. The molecule has 18 heavy (non-hydrogen) atoms. The second-order valence-corrected chi connectivity index (χ2v) is 4.39. The van der Waals surface area contributed by atoms with Crippen LogP contribution in [0.3, 0.4) is 0 Å². The van der Waals surface area contributed by atoms with Crippen LogP contribution < -0.4 is 5.32 Å². The van der Waals surface area contributed by atoms with E-state index in [1.165, 1.54) is 12.1 Å². The molecule has 0 amide bonds. The molecule has 5 nitrogen and oxygen atoms in total. The minimum atomic E-state index is -0.726. The zero-order valence-corrected chi connectivity index (χ0v) is 10.8. The van der Waals surface area contributed by atoms with Crippen molar-refractivity contribution in [2.24, 2.45) is 0 Å². The number of rotatable bonds is 7. The summed E-state index contributed by atoms with van der Waals surface area (Å²) in [6.07, 6.45) is -0.527. The first kappa shape index (κ1) is 14.8. The summed E-state index contributed by atoms with van der Waals surface area (Å²) in [5.41, 5.74) is 0.558. The molecule has 1 atom stereocenters. The van der Waals surface area contributed by atoms with E-state index in [1.807, 2.05) is 13.8 Å². The molecular weight excluding hydrogens is 234 g/mol. The summed E-state index contributed by atoms with van der Waals surface area (Å²) in [5, 5.41) is 31.4. The standard InChI is InChI=1S/C13H21NO4/c1-9(2)18-6-5-14-8-13(17)10-3-4-11(15)12(16)7-10/h3-4,7,9,13-17H,5-6,8H2,1-2H3. The first-order valence-electron chi connectivity index (χ1n) is 6.03. The molecule has 0 saturated carbocycles. The summed E-state index contributed by atoms with van der Waals surface area (Å²) in [7, 11) is 0. The topological polar surface area (TPSA) is 82.0 Å². The molecule has 0 aliphatic carbocycles. The molecule has 0 radical (unpaired) electrons. The lowest BCUT2D eigenvalue weighted by Gasteiger charge is -2.13. The number of benzene rings is 1. The number of hydrogen-bond donors (Lipinski definition) is 4. The Hall–Kier alpha value is -1.30. The summed E-state index contributed by atoms with van der Waals surface area (Å²) in [5.74, 6) is -0.418. The molecule has 0 fully saturated rings. The molecule has 102 valence electrons. The highest BCUT2D eigenvalue weighted by molar-refractivity contribution is 5.41. The second-order valence-electron chi connectivity index (χ2n) is 4.39. The maximum absolute atomic E-state index is 9.85. The summed E-state index contributed by atoms with van der Waals surface area (Å²) in [4.78, 5) is 0. The van der Waals surface area contributed by atoms with Gasteiger partial charge >= 0.3 is 0 Å². The van der Waals surface area contributed by atoms with Crippen molar-refractivity contribution in [3.8, 4) is 11.5 Å². The van der Waals surface area contributed by atoms with Gasteiger partial charge in [-0.3, -0.25) is 0 Å². The van der Waals surface area contributed by atoms with Crippen molar-refractivity contribution in [3.05, 3.63) is 23.8 Å². The normalized spacial score (nSPS) is 12.9. The fourth-order valence-corrected chi connectivity index (χ4v) is 1.47. The number of ether oxygens (including phenoxy) is 1. The third-order valence-corrected chi connectivity index (χ3v) is 2.45. The predicted molar refractivity (Wildman–Crippen MR) is 68.7 cm³/mol. The average Bonchev–Trinajstić information content (AvgIpc) is 2.31. The quantitative estimate of drug-likeness (QED) is 0.434. The van der Waals surface area contributed by atoms with Gasteiger partial charge in [-0.1, -0.05) is 6.07 Å². The Morgan fingerprint density at radius 1 is 1.22 bits per heavy atom. The fraction of sp³-hybridized carbons (Fsp3) is 0.538. The van der Waals surface area contributed by atoms with Crippen molar-refractivity contribution in [2.75, 3.05) is 19.7 Å². The lowest BCUT2D eigenvalue weighted by atomic mass is 10.1. The van der Waals surface area contributed by atoms with Crippen molar-refractivity contribution in [1.29, 1.82) is 0 Å². The molecular formula is C13H21NO4. The summed E-state index contributed by atoms with van der Waals surface area (Å²) in [6.45, 7) is 5.54. The van der Waals surface area contributed by atoms with Crippen molar-refractivity contribution in [2.45, 2.75) is 26.1 Å². The molecule has 0 aromatic heterocycles. The van der Waals surface area contributed by atoms with Crippen LogP contribution in [0.15, 0.2) is 18.2 Å². The van der Waals surface area contributed by atoms with E-state index >= 15 is 0 Å². The van der Waals surface area contributed by atoms with Crippen molar-refractivity contribution in [3.63, 3.8) is 0 Å². The fourth-order valence-electron chi connectivity index (χ4n) is 1.47. The third kappa shape index (κ3) is 4.91. The zero-order valence-electron chi connectivity index (χ0n) is 10.8. The highest BCUT2D eigenvalue weighted by Crippen LogP contribution is 2.27. The third-order valence-electron chi connectivity index (χ3n) is 2.45. The second kappa shape index (κ2) is 7.20. The van der Waals surface area contributed by atoms with E-state index in [0.29, 0.717) is 25.3 Å². The van der Waals surface area contributed by atoms with Gasteiger partial charge in [0.15, 0.2) is 11.5 Å². The van der Waals surface area contributed by atoms with Crippen LogP contribution in [0.2, 0.25) is 0 Å². The summed E-state index contributed by atoms with van der Waals surface area (Å²) >= 11 is 0. The minimum absolute atomic E-state index is 0.191. The predicted octanol–water partition coefficient (Wildman–Crippen LogP) is 1.15. The number of phenols is 2. The molecule has 5 heteroatoms. The Labute approximate surface area is 107 Å². The Bertz CT molecular complexity index is 368. The van der Waals surface area contributed by atoms with E-state index in [9.17, 15) is 10.2 Å². The SMILES string of the molecule is CC(C)OCCNCC(O)c1ccc(O)c(O)c1. The van der Waals surface area contributed by atoms with Crippen molar-refractivity contribution < 1.29 is 20.1 Å². The largest absolute Gasteiger partial charge is 0.504 e. The van der Waals surface area contributed by atoms with Gasteiger partial charge in [-0.25, -0.2) is 0 Å². The number of nitrogens with one attached hydrogen (secondary N) is 1. The van der Waals surface area contributed by atoms with E-state index in [0.717, 1.165) is 0 Å². The number of aliphatic hydroxyl groups excluding tert-OH is 1. The van der Waals surface area contributed by atoms with E-state index in [4.69, 9.17) is 9.84 Å². The van der Waals surface area contributed by atoms with E-state index in [2.05, 4.69) is 5.32 Å². The monoisotopic (exact) mass is 255 g/mol. The maximum Gasteiger partial charge on any atom is 0.157 e. The van der Waals surface area contributed by atoms with Gasteiger partial charge in [0.25, 0.3) is 0 Å². The maximum atomic E-state index is 9.85. The average molecular weight is 255 g/mol. The van der Waals surface area contributed by atoms with E-state index in [-0.39, 0.29) is 17.6 Å². The van der Waals surface area contributed by atoms with Gasteiger partial charge in [-0.05, 0) is 31.5 Å². The van der Waals surface area contributed by atoms with Gasteiger partial charge in [-0.2, -0.15) is 0 Å². The highest BCUT2D eigenvalue weighted by Gasteiger charge is 2.09. The van der Waals surface area contributed by atoms with Crippen LogP contribution >= 0.6 is 0 Å². The van der Waals surface area contributed by atoms with Gasteiger partial charge in [-0.15, -0.1) is 0 Å². The van der Waals surface area contributed by atoms with Gasteiger partial charge in [0.2, 0.25) is 0 Å². The van der Waals surface area contributed by atoms with Crippen LogP contribution in [0, 0.1) is 0 Å². The Morgan fingerprint density at radius 2 is 1.94 bits per heavy atom. The van der Waals surface area contributed by atoms with E-state index < -0.39 is 6.10 Å². The molecule has 0 bridgehead atoms. The first-order valence-corrected chi connectivity index (χ1v) is 6.03. The Kier molecular flexibility index (Phi) is 5.91. The van der Waals surface area contributed by atoms with Gasteiger partial charge in [0.05, 0.1) is 18.8 Å². The molecule has 1 rings (SSSR count). The van der Waals surface area contributed by atoms with Gasteiger partial charge in [0.1, 0.15) is 0 Å². The van der Waals surface area contributed by atoms with Crippen LogP contribution in [0.5, 0.6) is 11.5 Å². The van der Waals surface area contributed by atoms with Crippen LogP contribution in [-0.2, 0) is 4.74 Å². The van der Waals surface area contributed by atoms with Crippen LogP contribution in [0.4, 0.5) is 0 Å². The highest BCUT2D eigenvalue weighted by atomic mass is 16.5. The molecule has 0 aliphatic heterocycles. The van der Waals surface area contributed by atoms with Gasteiger partial charge < -0.3 is 25.4 Å². The summed E-state index contributed by atoms with van der Waals surface area (Å²) in [6, 6.07) is 4.29. The minimum Gasteiger partial charge on any atom is -0.504 e. The van der Waals surface area contributed by atoms with Crippen molar-refractivity contribution in [1.82, 2.24) is 5.32 Å². The Balaban J connectivity index is 2.31. The number of phenolic OH excluding ortho intramolecular Hbond substituents is 2. The molecule has 1 aromatic carbocycles. The Morgan fingerprint density at radius 3 is 2.56 bits per heavy atom. The lowest BCUT2D eigenvalue weighted by Crippen LogP contribution is -2.26. The smallest absolute Gasteiger partial charge is 0.157 e. The molecule has 1 aromatic rings. The van der Waals surface area contributed by atoms with E-state index in [1.54, 1.807) is 6.07 Å². The molecule has 0 heterocycles. The van der Waals surface area contributed by atoms with Gasteiger partial charge in [0, 0.05) is 13.1 Å². The number of aromatic hydroxyl groups is 2. The first-order chi connectivity index (χ1) is 8.50. The number of hydrogen-bond acceptors (Lipinski definition) is 5. The molecule has 0 aliphatic rings.